The number of hydrogen-bond donors (Lipinski definition) is 2. The Balaban J connectivity index is 1.19. The topological polar surface area (TPSA) is 99.6 Å². The first kappa shape index (κ1) is 24.0. The van der Waals surface area contributed by atoms with E-state index in [-0.39, 0.29) is 21.7 Å². The number of aromatic carboxylic acids is 1. The highest BCUT2D eigenvalue weighted by atomic mass is 32.2. The molecule has 4 bridgehead atoms. The van der Waals surface area contributed by atoms with E-state index < -0.39 is 16.0 Å². The van der Waals surface area contributed by atoms with Crippen LogP contribution in [-0.2, 0) is 15.4 Å². The van der Waals surface area contributed by atoms with Crippen molar-refractivity contribution in [1.29, 1.82) is 0 Å². The number of carbonyl (C=O) groups is 1. The van der Waals surface area contributed by atoms with Crippen LogP contribution < -0.4 is 9.62 Å². The number of benzene rings is 2. The number of nitrogens with zero attached hydrogens (tertiary/aromatic N) is 2. The zero-order valence-electron chi connectivity index (χ0n) is 20.8. The van der Waals surface area contributed by atoms with Crippen LogP contribution in [0, 0.1) is 17.8 Å². The number of anilines is 3. The molecule has 0 spiro atoms. The van der Waals surface area contributed by atoms with Crippen molar-refractivity contribution >= 4 is 33.2 Å². The first-order chi connectivity index (χ1) is 17.7. The lowest BCUT2D eigenvalue weighted by Gasteiger charge is -2.57. The summed E-state index contributed by atoms with van der Waals surface area (Å²) >= 11 is 0. The Morgan fingerprint density at radius 2 is 1.54 bits per heavy atom. The summed E-state index contributed by atoms with van der Waals surface area (Å²) in [5.41, 5.74) is 2.86. The molecule has 2 aromatic carbocycles. The van der Waals surface area contributed by atoms with Gasteiger partial charge in [0.1, 0.15) is 11.4 Å². The van der Waals surface area contributed by atoms with Crippen molar-refractivity contribution in [3.8, 4) is 0 Å². The van der Waals surface area contributed by atoms with Crippen molar-refractivity contribution in [2.75, 3.05) is 16.7 Å². The molecule has 2 N–H and O–H groups in total. The SMILES string of the molecule is CN(c1ccc(C23CC4CC(CC(C4)C2)C3)cc1)S(=O)(=O)c1ccc(Nc2ncccc2C(=O)O)cc1. The minimum absolute atomic E-state index is 0.0379. The number of aromatic nitrogens is 1. The summed E-state index contributed by atoms with van der Waals surface area (Å²) < 4.78 is 28.1. The van der Waals surface area contributed by atoms with E-state index in [2.05, 4.69) is 22.4 Å². The molecule has 0 unspecified atom stereocenters. The minimum Gasteiger partial charge on any atom is -0.478 e. The number of carboxylic acids is 1. The van der Waals surface area contributed by atoms with Gasteiger partial charge in [0.2, 0.25) is 0 Å². The third-order valence-corrected chi connectivity index (χ3v) is 10.5. The first-order valence-electron chi connectivity index (χ1n) is 12.9. The molecule has 1 heterocycles. The summed E-state index contributed by atoms with van der Waals surface area (Å²) in [4.78, 5) is 15.7. The van der Waals surface area contributed by atoms with Gasteiger partial charge in [-0.1, -0.05) is 12.1 Å². The molecule has 4 aliphatic carbocycles. The van der Waals surface area contributed by atoms with Crippen molar-refractivity contribution in [2.45, 2.75) is 48.8 Å². The second-order valence-electron chi connectivity index (χ2n) is 11.1. The highest BCUT2D eigenvalue weighted by molar-refractivity contribution is 7.92. The molecular weight excluding hydrogens is 486 g/mol. The van der Waals surface area contributed by atoms with Gasteiger partial charge in [-0.25, -0.2) is 18.2 Å². The van der Waals surface area contributed by atoms with E-state index in [1.807, 2.05) is 12.1 Å². The molecule has 0 saturated heterocycles. The predicted octanol–water partition coefficient (Wildman–Crippen LogP) is 5.82. The average molecular weight is 518 g/mol. The van der Waals surface area contributed by atoms with Crippen LogP contribution in [0.4, 0.5) is 17.2 Å². The van der Waals surface area contributed by atoms with Gasteiger partial charge in [-0.05, 0) is 116 Å². The second-order valence-corrected chi connectivity index (χ2v) is 13.0. The van der Waals surface area contributed by atoms with E-state index in [0.29, 0.717) is 11.4 Å². The molecule has 7 rings (SSSR count). The van der Waals surface area contributed by atoms with Crippen LogP contribution in [0.3, 0.4) is 0 Å². The smallest absolute Gasteiger partial charge is 0.339 e. The van der Waals surface area contributed by atoms with Gasteiger partial charge in [0.15, 0.2) is 0 Å². The van der Waals surface area contributed by atoms with Crippen molar-refractivity contribution in [3.05, 3.63) is 78.0 Å². The summed E-state index contributed by atoms with van der Waals surface area (Å²) in [6.45, 7) is 0. The third-order valence-electron chi connectivity index (χ3n) is 8.70. The summed E-state index contributed by atoms with van der Waals surface area (Å²) in [6, 6.07) is 17.4. The molecule has 8 heteroatoms. The van der Waals surface area contributed by atoms with E-state index in [0.717, 1.165) is 17.8 Å². The quantitative estimate of drug-likeness (QED) is 0.410. The standard InChI is InChI=1S/C29H31N3O4S/c1-32(24-8-4-22(5-9-24)29-16-19-13-20(17-29)15-21(14-19)18-29)37(35,36)25-10-6-23(7-11-25)31-27-26(28(33)34)3-2-12-30-27/h2-12,19-21H,13-18H2,1H3,(H,30,31)(H,33,34). The largest absolute Gasteiger partial charge is 0.478 e. The molecule has 4 aliphatic rings. The maximum atomic E-state index is 13.4. The molecule has 0 aliphatic heterocycles. The lowest BCUT2D eigenvalue weighted by molar-refractivity contribution is -0.00518. The van der Waals surface area contributed by atoms with Crippen LogP contribution in [-0.4, -0.2) is 31.5 Å². The second kappa shape index (κ2) is 8.87. The number of pyridine rings is 1. The van der Waals surface area contributed by atoms with E-state index in [1.165, 1.54) is 72.8 Å². The molecule has 1 aromatic heterocycles. The number of carboxylic acid groups (broad SMARTS) is 1. The maximum absolute atomic E-state index is 13.4. The molecule has 0 atom stereocenters. The Labute approximate surface area is 217 Å². The van der Waals surface area contributed by atoms with Gasteiger partial charge in [-0.15, -0.1) is 0 Å². The third kappa shape index (κ3) is 4.27. The minimum atomic E-state index is -3.77. The fraction of sp³-hybridized carbons (Fsp3) is 0.379. The summed E-state index contributed by atoms with van der Waals surface area (Å²) in [6.07, 6.45) is 9.52. The van der Waals surface area contributed by atoms with E-state index in [4.69, 9.17) is 0 Å². The van der Waals surface area contributed by atoms with Gasteiger partial charge in [0.05, 0.1) is 10.6 Å². The molecule has 4 fully saturated rings. The van der Waals surface area contributed by atoms with Gasteiger partial charge >= 0.3 is 5.97 Å². The first-order valence-corrected chi connectivity index (χ1v) is 14.3. The van der Waals surface area contributed by atoms with Crippen molar-refractivity contribution < 1.29 is 18.3 Å². The Kier molecular flexibility index (Phi) is 5.75. The summed E-state index contributed by atoms with van der Waals surface area (Å²) in [7, 11) is -2.19. The maximum Gasteiger partial charge on any atom is 0.339 e. The molecule has 4 saturated carbocycles. The van der Waals surface area contributed by atoms with Gasteiger partial charge < -0.3 is 10.4 Å². The molecular formula is C29H31N3O4S. The highest BCUT2D eigenvalue weighted by Gasteiger charge is 2.51. The Morgan fingerprint density at radius 3 is 2.11 bits per heavy atom. The normalized spacial score (nSPS) is 26.1. The van der Waals surface area contributed by atoms with Gasteiger partial charge in [0, 0.05) is 18.9 Å². The Morgan fingerprint density at radius 1 is 0.946 bits per heavy atom. The van der Waals surface area contributed by atoms with E-state index in [1.54, 1.807) is 25.2 Å². The highest BCUT2D eigenvalue weighted by Crippen LogP contribution is 2.60. The molecule has 7 nitrogen and oxygen atoms in total. The van der Waals surface area contributed by atoms with Crippen LogP contribution >= 0.6 is 0 Å². The van der Waals surface area contributed by atoms with E-state index >= 15 is 0 Å². The Hall–Kier alpha value is -3.39. The van der Waals surface area contributed by atoms with Crippen LogP contribution in [0.1, 0.15) is 54.4 Å². The van der Waals surface area contributed by atoms with Crippen molar-refractivity contribution in [3.63, 3.8) is 0 Å². The van der Waals surface area contributed by atoms with Crippen LogP contribution in [0.25, 0.3) is 0 Å². The summed E-state index contributed by atoms with van der Waals surface area (Å²) in [5, 5.41) is 12.3. The zero-order chi connectivity index (χ0) is 25.8. The molecule has 3 aromatic rings. The molecule has 0 radical (unpaired) electrons. The number of sulfonamides is 1. The Bertz CT molecular complexity index is 1400. The molecule has 192 valence electrons. The van der Waals surface area contributed by atoms with Crippen molar-refractivity contribution in [2.24, 2.45) is 17.8 Å². The van der Waals surface area contributed by atoms with Gasteiger partial charge in [-0.3, -0.25) is 4.31 Å². The van der Waals surface area contributed by atoms with Crippen LogP contribution in [0.15, 0.2) is 71.8 Å². The lowest BCUT2D eigenvalue weighted by atomic mass is 9.48. The van der Waals surface area contributed by atoms with Crippen molar-refractivity contribution in [1.82, 2.24) is 4.98 Å². The zero-order valence-corrected chi connectivity index (χ0v) is 21.6. The van der Waals surface area contributed by atoms with Gasteiger partial charge in [-0.2, -0.15) is 0 Å². The number of nitrogens with one attached hydrogen (secondary N) is 1. The lowest BCUT2D eigenvalue weighted by Crippen LogP contribution is -2.48. The van der Waals surface area contributed by atoms with Gasteiger partial charge in [0.25, 0.3) is 10.0 Å². The fourth-order valence-electron chi connectivity index (χ4n) is 7.31. The van der Waals surface area contributed by atoms with Crippen LogP contribution in [0.2, 0.25) is 0 Å². The summed E-state index contributed by atoms with van der Waals surface area (Å²) in [5.74, 6) is 1.69. The molecule has 37 heavy (non-hydrogen) atoms. The monoisotopic (exact) mass is 517 g/mol. The van der Waals surface area contributed by atoms with Crippen LogP contribution in [0.5, 0.6) is 0 Å². The van der Waals surface area contributed by atoms with E-state index in [9.17, 15) is 18.3 Å². The molecule has 0 amide bonds. The fourth-order valence-corrected chi connectivity index (χ4v) is 8.51. The number of hydrogen-bond acceptors (Lipinski definition) is 5. The number of rotatable bonds is 7. The predicted molar refractivity (Wildman–Crippen MR) is 143 cm³/mol. The average Bonchev–Trinajstić information content (AvgIpc) is 2.88.